The number of anilines is 1. The maximum atomic E-state index is 13.1. The number of likely N-dealkylation sites (tertiary alicyclic amines) is 1. The summed E-state index contributed by atoms with van der Waals surface area (Å²) in [5.41, 5.74) is 1.36. The van der Waals surface area contributed by atoms with Crippen LogP contribution in [-0.4, -0.2) is 36.5 Å². The highest BCUT2D eigenvalue weighted by Gasteiger charge is 2.49. The van der Waals surface area contributed by atoms with Crippen molar-refractivity contribution in [3.63, 3.8) is 0 Å². The van der Waals surface area contributed by atoms with Gasteiger partial charge in [-0.15, -0.1) is 6.58 Å². The molecule has 26 heavy (non-hydrogen) atoms. The number of carbonyl (C=O) groups excluding carboxylic acids is 1. The van der Waals surface area contributed by atoms with E-state index in [4.69, 9.17) is 4.42 Å². The molecule has 0 N–H and O–H groups in total. The lowest BCUT2D eigenvalue weighted by Crippen LogP contribution is -2.56. The minimum Gasteiger partial charge on any atom is -0.459 e. The minimum atomic E-state index is -0.0369. The molecule has 1 aliphatic heterocycles. The van der Waals surface area contributed by atoms with E-state index in [1.54, 1.807) is 18.4 Å². The first-order chi connectivity index (χ1) is 12.7. The third kappa shape index (κ3) is 3.21. The van der Waals surface area contributed by atoms with Crippen molar-refractivity contribution in [2.75, 3.05) is 24.5 Å². The second-order valence-electron chi connectivity index (χ2n) is 7.64. The van der Waals surface area contributed by atoms with Crippen LogP contribution in [0.2, 0.25) is 0 Å². The van der Waals surface area contributed by atoms with Crippen LogP contribution in [0.1, 0.15) is 36.2 Å². The van der Waals surface area contributed by atoms with Crippen LogP contribution in [0.4, 0.5) is 5.69 Å². The highest BCUT2D eigenvalue weighted by Crippen LogP contribution is 2.51. The molecule has 1 amide bonds. The lowest BCUT2D eigenvalue weighted by molar-refractivity contribution is 0.0185. The van der Waals surface area contributed by atoms with Crippen molar-refractivity contribution in [1.82, 2.24) is 4.90 Å². The summed E-state index contributed by atoms with van der Waals surface area (Å²) < 4.78 is 5.39. The topological polar surface area (TPSA) is 36.7 Å². The summed E-state index contributed by atoms with van der Waals surface area (Å²) in [5.74, 6) is 0.376. The highest BCUT2D eigenvalue weighted by atomic mass is 16.3. The Morgan fingerprint density at radius 1 is 1.19 bits per heavy atom. The van der Waals surface area contributed by atoms with E-state index in [-0.39, 0.29) is 11.9 Å². The molecule has 0 unspecified atom stereocenters. The molecule has 2 aromatic rings. The van der Waals surface area contributed by atoms with Crippen molar-refractivity contribution >= 4 is 11.6 Å². The number of hydrogen-bond donors (Lipinski definition) is 0. The first-order valence-electron chi connectivity index (χ1n) is 9.46. The van der Waals surface area contributed by atoms with E-state index in [2.05, 4.69) is 11.5 Å². The molecule has 1 spiro atoms. The maximum Gasteiger partial charge on any atom is 0.294 e. The zero-order valence-electron chi connectivity index (χ0n) is 15.1. The quantitative estimate of drug-likeness (QED) is 0.752. The Morgan fingerprint density at radius 2 is 1.92 bits per heavy atom. The molecule has 2 aliphatic rings. The van der Waals surface area contributed by atoms with Gasteiger partial charge in [-0.3, -0.25) is 9.69 Å². The molecular formula is C22H26N2O2. The fraction of sp³-hybridized carbons (Fsp3) is 0.409. The molecule has 2 fully saturated rings. The van der Waals surface area contributed by atoms with Crippen molar-refractivity contribution in [3.05, 3.63) is 67.1 Å². The molecule has 136 valence electrons. The van der Waals surface area contributed by atoms with Gasteiger partial charge >= 0.3 is 0 Å². The average Bonchev–Trinajstić information content (AvgIpc) is 3.18. The van der Waals surface area contributed by atoms with Crippen molar-refractivity contribution in [3.8, 4) is 0 Å². The van der Waals surface area contributed by atoms with Crippen molar-refractivity contribution < 1.29 is 9.21 Å². The first-order valence-corrected chi connectivity index (χ1v) is 9.46. The molecule has 2 heterocycles. The summed E-state index contributed by atoms with van der Waals surface area (Å²) >= 11 is 0. The number of rotatable bonds is 5. The predicted molar refractivity (Wildman–Crippen MR) is 103 cm³/mol. The lowest BCUT2D eigenvalue weighted by Gasteiger charge is -2.55. The van der Waals surface area contributed by atoms with Gasteiger partial charge in [0.25, 0.3) is 5.91 Å². The van der Waals surface area contributed by atoms with Gasteiger partial charge < -0.3 is 9.32 Å². The second kappa shape index (κ2) is 7.12. The van der Waals surface area contributed by atoms with Crippen LogP contribution in [0.15, 0.2) is 65.8 Å². The Morgan fingerprint density at radius 3 is 2.54 bits per heavy atom. The largest absolute Gasteiger partial charge is 0.459 e. The molecule has 0 atom stereocenters. The summed E-state index contributed by atoms with van der Waals surface area (Å²) in [6.45, 7) is 7.09. The number of amides is 1. The number of nitrogens with zero attached hydrogens (tertiary/aromatic N) is 2. The van der Waals surface area contributed by atoms with Crippen LogP contribution < -0.4 is 4.90 Å². The molecular weight excluding hydrogens is 324 g/mol. The molecule has 0 radical (unpaired) electrons. The maximum absolute atomic E-state index is 13.1. The zero-order valence-corrected chi connectivity index (χ0v) is 15.1. The molecule has 1 saturated carbocycles. The molecule has 4 rings (SSSR count). The van der Waals surface area contributed by atoms with Gasteiger partial charge in [0.05, 0.1) is 6.26 Å². The van der Waals surface area contributed by atoms with Gasteiger partial charge in [-0.1, -0.05) is 24.3 Å². The summed E-state index contributed by atoms with van der Waals surface area (Å²) in [4.78, 5) is 17.5. The van der Waals surface area contributed by atoms with Crippen LogP contribution in [0.5, 0.6) is 0 Å². The van der Waals surface area contributed by atoms with Gasteiger partial charge in [0.15, 0.2) is 5.76 Å². The van der Waals surface area contributed by atoms with E-state index in [0.717, 1.165) is 38.2 Å². The first kappa shape index (κ1) is 17.1. The molecule has 0 bridgehead atoms. The predicted octanol–water partition coefficient (Wildman–Crippen LogP) is 4.36. The monoisotopic (exact) mass is 350 g/mol. The summed E-state index contributed by atoms with van der Waals surface area (Å²) in [6.07, 6.45) is 8.14. The second-order valence-corrected chi connectivity index (χ2v) is 7.64. The van der Waals surface area contributed by atoms with E-state index in [1.165, 1.54) is 12.8 Å². The number of benzene rings is 1. The molecule has 1 aromatic carbocycles. The third-order valence-corrected chi connectivity index (χ3v) is 5.99. The minimum absolute atomic E-state index is 0.0369. The molecule has 1 aromatic heterocycles. The number of para-hydroxylation sites is 1. The van der Waals surface area contributed by atoms with Crippen molar-refractivity contribution in [2.24, 2.45) is 5.41 Å². The van der Waals surface area contributed by atoms with E-state index < -0.39 is 0 Å². The number of piperidine rings is 1. The fourth-order valence-electron chi connectivity index (χ4n) is 4.52. The Labute approximate surface area is 155 Å². The molecule has 4 nitrogen and oxygen atoms in total. The van der Waals surface area contributed by atoms with Gasteiger partial charge in [-0.25, -0.2) is 0 Å². The fourth-order valence-corrected chi connectivity index (χ4v) is 4.52. The SMILES string of the molecule is C=CCN1CCC2(CC1)CC(N(C(=O)c1ccco1)c1ccccc1)C2. The van der Waals surface area contributed by atoms with Gasteiger partial charge in [-0.05, 0) is 68.5 Å². The van der Waals surface area contributed by atoms with Gasteiger partial charge in [-0.2, -0.15) is 0 Å². The smallest absolute Gasteiger partial charge is 0.294 e. The highest BCUT2D eigenvalue weighted by molar-refractivity contribution is 6.04. The van der Waals surface area contributed by atoms with Crippen LogP contribution in [-0.2, 0) is 0 Å². The van der Waals surface area contributed by atoms with Crippen LogP contribution in [0, 0.1) is 5.41 Å². The summed E-state index contributed by atoms with van der Waals surface area (Å²) in [5, 5.41) is 0. The Balaban J connectivity index is 1.49. The summed E-state index contributed by atoms with van der Waals surface area (Å²) in [7, 11) is 0. The van der Waals surface area contributed by atoms with Crippen molar-refractivity contribution in [1.29, 1.82) is 0 Å². The zero-order chi connectivity index (χ0) is 18.0. The molecule has 1 aliphatic carbocycles. The van der Waals surface area contributed by atoms with Gasteiger partial charge in [0.1, 0.15) is 0 Å². The van der Waals surface area contributed by atoms with Crippen LogP contribution in [0.3, 0.4) is 0 Å². The normalized spacial score (nSPS) is 19.8. The van der Waals surface area contributed by atoms with Gasteiger partial charge in [0.2, 0.25) is 0 Å². The number of furan rings is 1. The van der Waals surface area contributed by atoms with Crippen LogP contribution in [0.25, 0.3) is 0 Å². The van der Waals surface area contributed by atoms with E-state index in [9.17, 15) is 4.79 Å². The van der Waals surface area contributed by atoms with E-state index >= 15 is 0 Å². The van der Waals surface area contributed by atoms with E-state index in [1.807, 2.05) is 41.3 Å². The standard InChI is InChI=1S/C22H26N2O2/c1-2-12-23-13-10-22(11-14-23)16-19(17-22)24(18-7-4-3-5-8-18)21(25)20-9-6-15-26-20/h2-9,15,19H,1,10-14,16-17H2. The number of carbonyl (C=O) groups is 1. The molecule has 1 saturated heterocycles. The Kier molecular flexibility index (Phi) is 4.68. The van der Waals surface area contributed by atoms with E-state index in [0.29, 0.717) is 11.2 Å². The van der Waals surface area contributed by atoms with Crippen molar-refractivity contribution in [2.45, 2.75) is 31.7 Å². The Bertz CT molecular complexity index is 738. The summed E-state index contributed by atoms with van der Waals surface area (Å²) in [6, 6.07) is 13.8. The third-order valence-electron chi connectivity index (χ3n) is 5.99. The lowest BCUT2D eigenvalue weighted by atomic mass is 9.60. The average molecular weight is 350 g/mol. The molecule has 4 heteroatoms. The number of hydrogen-bond acceptors (Lipinski definition) is 3. The van der Waals surface area contributed by atoms with Crippen LogP contribution >= 0.6 is 0 Å². The van der Waals surface area contributed by atoms with Gasteiger partial charge in [0, 0.05) is 18.3 Å². The Hall–Kier alpha value is -2.33.